The van der Waals surface area contributed by atoms with Gasteiger partial charge in [-0.1, -0.05) is 15.9 Å². The van der Waals surface area contributed by atoms with Crippen LogP contribution in [-0.4, -0.2) is 40.9 Å². The number of esters is 1. The summed E-state index contributed by atoms with van der Waals surface area (Å²) in [6, 6.07) is 3.69. The highest BCUT2D eigenvalue weighted by Gasteiger charge is 2.52. The molecule has 18 heavy (non-hydrogen) atoms. The van der Waals surface area contributed by atoms with E-state index >= 15 is 0 Å². The molecule has 7 heteroatoms. The fraction of sp³-hybridized carbons (Fsp3) is 0.364. The van der Waals surface area contributed by atoms with Gasteiger partial charge in [0, 0.05) is 10.7 Å². The molecule has 6 nitrogen and oxygen atoms in total. The fourth-order valence-electron chi connectivity index (χ4n) is 1.90. The number of carbonyl (C=O) groups excluding carboxylic acids is 1. The molecule has 0 amide bonds. The zero-order chi connectivity index (χ0) is 12.8. The molecule has 1 aliphatic rings. The largest absolute Gasteiger partial charge is 0.468 e. The van der Waals surface area contributed by atoms with E-state index in [4.69, 9.17) is 9.47 Å². The molecule has 1 saturated heterocycles. The first-order valence-electron chi connectivity index (χ1n) is 5.34. The first kappa shape index (κ1) is 11.6. The lowest BCUT2D eigenvalue weighted by atomic mass is 9.85. The molecule has 1 fully saturated rings. The predicted octanol–water partition coefficient (Wildman–Crippen LogP) is 0.933. The first-order chi connectivity index (χ1) is 8.65. The number of nitrogens with zero attached hydrogens (tertiary/aromatic N) is 3. The molecule has 2 aromatic rings. The second-order valence-corrected chi connectivity index (χ2v) is 5.07. The summed E-state index contributed by atoms with van der Waals surface area (Å²) in [7, 11) is 1.36. The molecule has 0 bridgehead atoms. The number of hydrogen-bond donors (Lipinski definition) is 0. The van der Waals surface area contributed by atoms with E-state index in [0.29, 0.717) is 11.5 Å². The Morgan fingerprint density at radius 3 is 3.00 bits per heavy atom. The standard InChI is InChI=1S/C11H10BrN3O3/c1-17-10(16)11(5-18-6-11)9-13-8-4-7(12)2-3-15(8)14-9/h2-4H,5-6H2,1H3. The van der Waals surface area contributed by atoms with E-state index in [0.717, 1.165) is 4.47 Å². The van der Waals surface area contributed by atoms with Crippen molar-refractivity contribution < 1.29 is 14.3 Å². The molecule has 3 heterocycles. The molecule has 0 spiro atoms. The Labute approximate surface area is 111 Å². The topological polar surface area (TPSA) is 65.7 Å². The van der Waals surface area contributed by atoms with Crippen molar-refractivity contribution in [2.24, 2.45) is 0 Å². The minimum Gasteiger partial charge on any atom is -0.468 e. The van der Waals surface area contributed by atoms with Crippen molar-refractivity contribution >= 4 is 27.5 Å². The van der Waals surface area contributed by atoms with Gasteiger partial charge < -0.3 is 9.47 Å². The molecule has 0 atom stereocenters. The highest BCUT2D eigenvalue weighted by molar-refractivity contribution is 9.10. The van der Waals surface area contributed by atoms with Gasteiger partial charge in [-0.2, -0.15) is 0 Å². The van der Waals surface area contributed by atoms with Crippen molar-refractivity contribution in [3.63, 3.8) is 0 Å². The van der Waals surface area contributed by atoms with E-state index < -0.39 is 5.41 Å². The number of aromatic nitrogens is 3. The highest BCUT2D eigenvalue weighted by atomic mass is 79.9. The third-order valence-electron chi connectivity index (χ3n) is 3.00. The van der Waals surface area contributed by atoms with Gasteiger partial charge in [-0.3, -0.25) is 4.79 Å². The Morgan fingerprint density at radius 2 is 2.39 bits per heavy atom. The number of halogens is 1. The molecule has 0 aromatic carbocycles. The van der Waals surface area contributed by atoms with E-state index in [1.807, 2.05) is 12.1 Å². The van der Waals surface area contributed by atoms with Crippen molar-refractivity contribution in [1.82, 2.24) is 14.6 Å². The van der Waals surface area contributed by atoms with Crippen LogP contribution in [0.25, 0.3) is 5.65 Å². The van der Waals surface area contributed by atoms with Gasteiger partial charge in [0.2, 0.25) is 0 Å². The Kier molecular flexibility index (Phi) is 2.60. The Balaban J connectivity index is 2.10. The lowest BCUT2D eigenvalue weighted by Gasteiger charge is -2.35. The monoisotopic (exact) mass is 311 g/mol. The molecule has 0 unspecified atom stereocenters. The second-order valence-electron chi connectivity index (χ2n) is 4.15. The predicted molar refractivity (Wildman–Crippen MR) is 65.2 cm³/mol. The van der Waals surface area contributed by atoms with Crippen LogP contribution in [0.3, 0.4) is 0 Å². The number of fused-ring (bicyclic) bond motifs is 1. The summed E-state index contributed by atoms with van der Waals surface area (Å²) in [6.45, 7) is 0.523. The van der Waals surface area contributed by atoms with Crippen molar-refractivity contribution in [3.8, 4) is 0 Å². The number of rotatable bonds is 2. The summed E-state index contributed by atoms with van der Waals surface area (Å²) >= 11 is 3.37. The number of pyridine rings is 1. The summed E-state index contributed by atoms with van der Waals surface area (Å²) in [5.41, 5.74) is -0.178. The Morgan fingerprint density at radius 1 is 1.61 bits per heavy atom. The van der Waals surface area contributed by atoms with Crippen molar-refractivity contribution in [1.29, 1.82) is 0 Å². The molecular formula is C11H10BrN3O3. The average molecular weight is 312 g/mol. The summed E-state index contributed by atoms with van der Waals surface area (Å²) in [5, 5.41) is 4.32. The van der Waals surface area contributed by atoms with Gasteiger partial charge in [-0.25, -0.2) is 9.50 Å². The van der Waals surface area contributed by atoms with Gasteiger partial charge in [0.15, 0.2) is 16.9 Å². The molecule has 3 rings (SSSR count). The lowest BCUT2D eigenvalue weighted by Crippen LogP contribution is -2.54. The smallest absolute Gasteiger partial charge is 0.324 e. The van der Waals surface area contributed by atoms with Gasteiger partial charge in [0.05, 0.1) is 20.3 Å². The van der Waals surface area contributed by atoms with E-state index in [1.54, 1.807) is 10.7 Å². The van der Waals surface area contributed by atoms with E-state index in [1.165, 1.54) is 7.11 Å². The SMILES string of the molecule is COC(=O)C1(c2nc3cc(Br)ccn3n2)COC1. The van der Waals surface area contributed by atoms with Crippen LogP contribution in [-0.2, 0) is 19.7 Å². The van der Waals surface area contributed by atoms with Crippen molar-refractivity contribution in [2.45, 2.75) is 5.41 Å². The van der Waals surface area contributed by atoms with Gasteiger partial charge in [0.1, 0.15) is 0 Å². The third kappa shape index (κ3) is 1.54. The van der Waals surface area contributed by atoms with Crippen LogP contribution >= 0.6 is 15.9 Å². The summed E-state index contributed by atoms with van der Waals surface area (Å²) in [4.78, 5) is 16.2. The van der Waals surface area contributed by atoms with Crippen molar-refractivity contribution in [2.75, 3.05) is 20.3 Å². The number of hydrogen-bond acceptors (Lipinski definition) is 5. The van der Waals surface area contributed by atoms with Crippen LogP contribution in [0.2, 0.25) is 0 Å². The fourth-order valence-corrected chi connectivity index (χ4v) is 2.22. The van der Waals surface area contributed by atoms with E-state index in [2.05, 4.69) is 26.0 Å². The van der Waals surface area contributed by atoms with Crippen LogP contribution in [0.1, 0.15) is 5.82 Å². The number of ether oxygens (including phenoxy) is 2. The Hall–Kier alpha value is -1.47. The number of methoxy groups -OCH3 is 1. The maximum Gasteiger partial charge on any atom is 0.324 e. The number of carbonyl (C=O) groups is 1. The molecular weight excluding hydrogens is 302 g/mol. The van der Waals surface area contributed by atoms with Crippen LogP contribution in [0.4, 0.5) is 0 Å². The normalized spacial score (nSPS) is 17.4. The average Bonchev–Trinajstić information content (AvgIpc) is 2.70. The van der Waals surface area contributed by atoms with Crippen LogP contribution in [0, 0.1) is 0 Å². The van der Waals surface area contributed by atoms with Gasteiger partial charge >= 0.3 is 5.97 Å². The lowest BCUT2D eigenvalue weighted by molar-refractivity contribution is -0.167. The van der Waals surface area contributed by atoms with Crippen LogP contribution < -0.4 is 0 Å². The second kappa shape index (κ2) is 4.03. The summed E-state index contributed by atoms with van der Waals surface area (Å²) in [6.07, 6.45) is 1.78. The molecule has 0 saturated carbocycles. The minimum atomic E-state index is -0.854. The maximum absolute atomic E-state index is 11.9. The van der Waals surface area contributed by atoms with Crippen LogP contribution in [0.5, 0.6) is 0 Å². The molecule has 0 aliphatic carbocycles. The van der Waals surface area contributed by atoms with Crippen molar-refractivity contribution in [3.05, 3.63) is 28.6 Å². The zero-order valence-corrected chi connectivity index (χ0v) is 11.2. The van der Waals surface area contributed by atoms with E-state index in [-0.39, 0.29) is 19.2 Å². The van der Waals surface area contributed by atoms with Gasteiger partial charge in [-0.15, -0.1) is 5.10 Å². The first-order valence-corrected chi connectivity index (χ1v) is 6.13. The van der Waals surface area contributed by atoms with E-state index in [9.17, 15) is 4.79 Å². The Bertz CT molecular complexity index is 621. The van der Waals surface area contributed by atoms with Crippen LogP contribution in [0.15, 0.2) is 22.8 Å². The van der Waals surface area contributed by atoms with Gasteiger partial charge in [0.25, 0.3) is 0 Å². The minimum absolute atomic E-state index is 0.262. The molecule has 1 aliphatic heterocycles. The summed E-state index contributed by atoms with van der Waals surface area (Å²) in [5.74, 6) is 0.0856. The molecule has 2 aromatic heterocycles. The van der Waals surface area contributed by atoms with Gasteiger partial charge in [-0.05, 0) is 12.1 Å². The highest BCUT2D eigenvalue weighted by Crippen LogP contribution is 2.32. The zero-order valence-electron chi connectivity index (χ0n) is 9.59. The quantitative estimate of drug-likeness (QED) is 0.772. The molecule has 0 radical (unpaired) electrons. The molecule has 94 valence electrons. The maximum atomic E-state index is 11.9. The summed E-state index contributed by atoms with van der Waals surface area (Å²) < 4.78 is 12.5. The third-order valence-corrected chi connectivity index (χ3v) is 3.49. The molecule has 0 N–H and O–H groups in total.